The van der Waals surface area contributed by atoms with Crippen molar-refractivity contribution in [2.45, 2.75) is 39.2 Å². The van der Waals surface area contributed by atoms with E-state index in [0.717, 1.165) is 13.1 Å². The van der Waals surface area contributed by atoms with E-state index in [9.17, 15) is 22.8 Å². The number of amides is 2. The second-order valence-electron chi connectivity index (χ2n) is 10.8. The van der Waals surface area contributed by atoms with Crippen molar-refractivity contribution in [3.05, 3.63) is 42.4 Å². The molecule has 0 spiro atoms. The van der Waals surface area contributed by atoms with Gasteiger partial charge in [0, 0.05) is 38.8 Å². The van der Waals surface area contributed by atoms with Gasteiger partial charge in [0.25, 0.3) is 0 Å². The Balaban J connectivity index is 1.39. The van der Waals surface area contributed by atoms with Crippen molar-refractivity contribution >= 4 is 12.0 Å². The molecule has 2 unspecified atom stereocenters. The topological polar surface area (TPSA) is 88.9 Å². The van der Waals surface area contributed by atoms with Crippen LogP contribution < -0.4 is 14.8 Å². The Hall–Kier alpha value is -3.28. The molecule has 4 rings (SSSR count). The summed E-state index contributed by atoms with van der Waals surface area (Å²) in [5, 5.41) is 2.97. The second kappa shape index (κ2) is 10.2. The molecule has 1 aromatic carbocycles. The first-order valence-electron chi connectivity index (χ1n) is 12.1. The molecule has 2 amide bonds. The van der Waals surface area contributed by atoms with Gasteiger partial charge in [-0.05, 0) is 56.2 Å². The second-order valence-corrected chi connectivity index (χ2v) is 10.8. The van der Waals surface area contributed by atoms with Crippen molar-refractivity contribution in [3.8, 4) is 11.6 Å². The fourth-order valence-electron chi connectivity index (χ4n) is 4.91. The van der Waals surface area contributed by atoms with Crippen LogP contribution in [0.1, 0.15) is 26.3 Å². The van der Waals surface area contributed by atoms with Gasteiger partial charge in [-0.2, -0.15) is 0 Å². The number of nitrogens with zero attached hydrogens (tertiary/aromatic N) is 4. The van der Waals surface area contributed by atoms with E-state index in [-0.39, 0.29) is 35.5 Å². The molecule has 1 aromatic heterocycles. The minimum atomic E-state index is -4.81. The van der Waals surface area contributed by atoms with Crippen molar-refractivity contribution < 1.29 is 32.2 Å². The Kier molecular flexibility index (Phi) is 7.40. The molecule has 0 bridgehead atoms. The molecule has 1 saturated carbocycles. The third-order valence-corrected chi connectivity index (χ3v) is 6.40. The van der Waals surface area contributed by atoms with E-state index in [1.165, 1.54) is 29.4 Å². The number of imidazole rings is 1. The number of nitrogens with one attached hydrogen (secondary N) is 1. The third-order valence-electron chi connectivity index (χ3n) is 6.40. The van der Waals surface area contributed by atoms with Gasteiger partial charge in [-0.1, -0.05) is 12.1 Å². The Morgan fingerprint density at radius 1 is 1.19 bits per heavy atom. The molecular formula is C25H32F3N5O4. The van der Waals surface area contributed by atoms with Crippen LogP contribution >= 0.6 is 0 Å². The number of halogens is 3. The van der Waals surface area contributed by atoms with Crippen LogP contribution in [0.3, 0.4) is 0 Å². The van der Waals surface area contributed by atoms with Gasteiger partial charge in [-0.15, -0.1) is 13.2 Å². The molecule has 12 heteroatoms. The van der Waals surface area contributed by atoms with Gasteiger partial charge in [0.05, 0.1) is 19.1 Å². The van der Waals surface area contributed by atoms with Crippen LogP contribution in [-0.2, 0) is 18.4 Å². The molecular weight excluding hydrogens is 491 g/mol. The Labute approximate surface area is 213 Å². The number of alkyl halides is 3. The fourth-order valence-corrected chi connectivity index (χ4v) is 4.91. The van der Waals surface area contributed by atoms with Crippen molar-refractivity contribution in [1.82, 2.24) is 24.7 Å². The predicted octanol–water partition coefficient (Wildman–Crippen LogP) is 3.41. The smallest absolute Gasteiger partial charge is 0.406 e. The molecule has 2 fully saturated rings. The maximum Gasteiger partial charge on any atom is 0.573 e. The number of likely N-dealkylation sites (tertiary alicyclic amines) is 1. The van der Waals surface area contributed by atoms with Gasteiger partial charge in [-0.3, -0.25) is 9.69 Å². The number of ether oxygens (including phenoxy) is 2. The number of benzene rings is 1. The van der Waals surface area contributed by atoms with E-state index in [2.05, 4.69) is 19.9 Å². The maximum atomic E-state index is 13.0. The minimum absolute atomic E-state index is 0.0214. The van der Waals surface area contributed by atoms with Crippen LogP contribution in [-0.4, -0.2) is 69.4 Å². The molecule has 2 atom stereocenters. The highest BCUT2D eigenvalue weighted by Crippen LogP contribution is 2.52. The highest BCUT2D eigenvalue weighted by atomic mass is 19.4. The van der Waals surface area contributed by atoms with Crippen LogP contribution in [0.15, 0.2) is 36.8 Å². The lowest BCUT2D eigenvalue weighted by molar-refractivity contribution is -0.274. The standard InChI is InChI=1S/C25H32F3N5O4/c1-24(2,3)30-21(34)13-32-10-18-19(11-32)20(18)12-33(23(35)36-22-14-31(4)15-29-22)9-16-6-5-7-17(8-16)37-25(26,27)28/h5-8,14-15,18-20H,9-13H2,1-4H3,(H,30,34). The lowest BCUT2D eigenvalue weighted by atomic mass is 10.1. The van der Waals surface area contributed by atoms with Gasteiger partial charge in [0.15, 0.2) is 0 Å². The van der Waals surface area contributed by atoms with Crippen LogP contribution in [0.4, 0.5) is 18.0 Å². The van der Waals surface area contributed by atoms with Crippen molar-refractivity contribution in [3.63, 3.8) is 0 Å². The summed E-state index contributed by atoms with van der Waals surface area (Å²) in [6.07, 6.45) is -2.38. The SMILES string of the molecule is Cn1cnc(OC(=O)N(Cc2cccc(OC(F)(F)F)c2)CC2C3CN(CC(=O)NC(C)(C)C)CC32)c1. The van der Waals surface area contributed by atoms with Gasteiger partial charge in [0.1, 0.15) is 5.75 Å². The molecule has 2 heterocycles. The van der Waals surface area contributed by atoms with Gasteiger partial charge in [0.2, 0.25) is 11.8 Å². The van der Waals surface area contributed by atoms with Gasteiger partial charge >= 0.3 is 12.5 Å². The number of hydrogen-bond donors (Lipinski definition) is 1. The summed E-state index contributed by atoms with van der Waals surface area (Å²) in [4.78, 5) is 32.9. The average molecular weight is 524 g/mol. The number of piperidine rings is 1. The first-order chi connectivity index (χ1) is 17.3. The van der Waals surface area contributed by atoms with Crippen LogP contribution in [0.25, 0.3) is 0 Å². The molecule has 1 aliphatic carbocycles. The summed E-state index contributed by atoms with van der Waals surface area (Å²) in [7, 11) is 1.74. The molecule has 1 aliphatic heterocycles. The highest BCUT2D eigenvalue weighted by molar-refractivity contribution is 5.78. The average Bonchev–Trinajstić information content (AvgIpc) is 3.06. The molecule has 37 heavy (non-hydrogen) atoms. The number of hydrogen-bond acceptors (Lipinski definition) is 6. The first kappa shape index (κ1) is 26.8. The number of fused-ring (bicyclic) bond motifs is 1. The summed E-state index contributed by atoms with van der Waals surface area (Å²) in [6, 6.07) is 5.56. The number of carbonyl (C=O) groups is 2. The van der Waals surface area contributed by atoms with E-state index in [4.69, 9.17) is 4.74 Å². The van der Waals surface area contributed by atoms with E-state index >= 15 is 0 Å². The molecule has 202 valence electrons. The monoisotopic (exact) mass is 523 g/mol. The van der Waals surface area contributed by atoms with Crippen molar-refractivity contribution in [2.75, 3.05) is 26.2 Å². The Morgan fingerprint density at radius 3 is 2.49 bits per heavy atom. The molecule has 2 aliphatic rings. The summed E-state index contributed by atoms with van der Waals surface area (Å²) in [6.45, 7) is 8.08. The summed E-state index contributed by atoms with van der Waals surface area (Å²) in [5.74, 6) is 0.661. The lowest BCUT2D eigenvalue weighted by Crippen LogP contribution is -2.46. The Bertz CT molecular complexity index is 1120. The van der Waals surface area contributed by atoms with E-state index < -0.39 is 12.5 Å². The van der Waals surface area contributed by atoms with Crippen LogP contribution in [0.2, 0.25) is 0 Å². The maximum absolute atomic E-state index is 13.0. The summed E-state index contributed by atoms with van der Waals surface area (Å²) >= 11 is 0. The number of carbonyl (C=O) groups excluding carboxylic acids is 2. The Morgan fingerprint density at radius 2 is 1.89 bits per heavy atom. The highest BCUT2D eigenvalue weighted by Gasteiger charge is 2.56. The van der Waals surface area contributed by atoms with E-state index in [1.54, 1.807) is 23.9 Å². The van der Waals surface area contributed by atoms with Crippen molar-refractivity contribution in [2.24, 2.45) is 24.8 Å². The number of aromatic nitrogens is 2. The van der Waals surface area contributed by atoms with Crippen LogP contribution in [0, 0.1) is 17.8 Å². The summed E-state index contributed by atoms with van der Waals surface area (Å²) < 4.78 is 49.1. The predicted molar refractivity (Wildman–Crippen MR) is 128 cm³/mol. The van der Waals surface area contributed by atoms with Crippen LogP contribution in [0.5, 0.6) is 11.6 Å². The zero-order valence-corrected chi connectivity index (χ0v) is 21.3. The quantitative estimate of drug-likeness (QED) is 0.571. The molecule has 0 radical (unpaired) electrons. The summed E-state index contributed by atoms with van der Waals surface area (Å²) in [5.41, 5.74) is 0.185. The number of rotatable bonds is 8. The third kappa shape index (κ3) is 7.61. The fraction of sp³-hybridized carbons (Fsp3) is 0.560. The molecule has 9 nitrogen and oxygen atoms in total. The van der Waals surface area contributed by atoms with Gasteiger partial charge in [-0.25, -0.2) is 9.78 Å². The zero-order chi connectivity index (χ0) is 27.0. The molecule has 1 N–H and O–H groups in total. The molecule has 1 saturated heterocycles. The molecule has 2 aromatic rings. The normalized spacial score (nSPS) is 21.3. The zero-order valence-electron chi connectivity index (χ0n) is 21.3. The van der Waals surface area contributed by atoms with Gasteiger partial charge < -0.3 is 24.3 Å². The first-order valence-corrected chi connectivity index (χ1v) is 12.1. The lowest BCUT2D eigenvalue weighted by Gasteiger charge is -2.26. The largest absolute Gasteiger partial charge is 0.573 e. The van der Waals surface area contributed by atoms with E-state index in [0.29, 0.717) is 30.5 Å². The minimum Gasteiger partial charge on any atom is -0.406 e. The van der Waals surface area contributed by atoms with Crippen molar-refractivity contribution in [1.29, 1.82) is 0 Å². The van der Waals surface area contributed by atoms with E-state index in [1.807, 2.05) is 20.8 Å². The number of aryl methyl sites for hydroxylation is 1.